The van der Waals surface area contributed by atoms with Gasteiger partial charge in [-0.3, -0.25) is 33.5 Å². The van der Waals surface area contributed by atoms with E-state index in [1.165, 1.54) is 47.3 Å². The van der Waals surface area contributed by atoms with E-state index >= 15 is 0 Å². The number of aryl methyl sites for hydroxylation is 2. The summed E-state index contributed by atoms with van der Waals surface area (Å²) in [4.78, 5) is 65.0. The van der Waals surface area contributed by atoms with Crippen LogP contribution in [0.4, 0.5) is 0 Å². The number of amides is 1. The van der Waals surface area contributed by atoms with Gasteiger partial charge in [0.1, 0.15) is 24.7 Å². The summed E-state index contributed by atoms with van der Waals surface area (Å²) in [6.07, 6.45) is -2.36. The summed E-state index contributed by atoms with van der Waals surface area (Å²) in [7, 11) is 1.53. The molecule has 1 unspecified atom stereocenters. The number of aromatic amines is 2. The maximum Gasteiger partial charge on any atom is 0.330 e. The van der Waals surface area contributed by atoms with Gasteiger partial charge in [0.25, 0.3) is 11.1 Å². The Morgan fingerprint density at radius 1 is 1.02 bits per heavy atom. The molecule has 19 heteroatoms. The highest BCUT2D eigenvalue weighted by Gasteiger charge is 2.43. The molecule has 0 aromatic carbocycles. The van der Waals surface area contributed by atoms with E-state index in [1.54, 1.807) is 0 Å². The van der Waals surface area contributed by atoms with Crippen LogP contribution in [0.15, 0.2) is 31.6 Å². The van der Waals surface area contributed by atoms with Crippen LogP contribution in [0.5, 0.6) is 0 Å². The van der Waals surface area contributed by atoms with Gasteiger partial charge in [-0.1, -0.05) is 0 Å². The summed E-state index contributed by atoms with van der Waals surface area (Å²) in [5.41, 5.74) is -1.92. The lowest BCUT2D eigenvalue weighted by atomic mass is 10.2. The van der Waals surface area contributed by atoms with E-state index in [2.05, 4.69) is 9.97 Å². The van der Waals surface area contributed by atoms with Crippen molar-refractivity contribution in [1.29, 1.82) is 0 Å². The van der Waals surface area contributed by atoms with Crippen LogP contribution < -0.4 is 22.5 Å². The number of aliphatic hydroxyl groups is 2. The predicted octanol–water partition coefficient (Wildman–Crippen LogP) is -1.64. The van der Waals surface area contributed by atoms with E-state index in [4.69, 9.17) is 34.9 Å². The van der Waals surface area contributed by atoms with Crippen LogP contribution in [-0.4, -0.2) is 98.5 Å². The van der Waals surface area contributed by atoms with E-state index in [0.29, 0.717) is 6.41 Å². The normalized spacial score (nSPS) is 26.8. The molecule has 2 fully saturated rings. The van der Waals surface area contributed by atoms with Crippen LogP contribution in [0.2, 0.25) is 0 Å². The SMILES string of the molecule is Cc1cn([C@H]2C[C@H](OP(=S)(OCCN(C)C=O)OC[C@H]3O[C@@H](n4cc(C)c(=O)[nH]c4=O)C[C@@H]3O)[C@@H](CO)O2)c(=O)[nH]c1=O. The Balaban J connectivity index is 1.49. The lowest BCUT2D eigenvalue weighted by Crippen LogP contribution is -2.33. The highest BCUT2D eigenvalue weighted by Crippen LogP contribution is 2.54. The average Bonchev–Trinajstić information content (AvgIpc) is 3.53. The molecule has 0 spiro atoms. The number of hydrogen-bond acceptors (Lipinski definition) is 13. The molecule has 0 radical (unpaired) electrons. The van der Waals surface area contributed by atoms with Crippen LogP contribution in [0.1, 0.15) is 36.4 Å². The first-order chi connectivity index (χ1) is 20.3. The monoisotopic (exact) mass is 647 g/mol. The van der Waals surface area contributed by atoms with E-state index in [1.807, 2.05) is 0 Å². The zero-order chi connectivity index (χ0) is 31.5. The summed E-state index contributed by atoms with van der Waals surface area (Å²) in [6.45, 7) is -1.37. The van der Waals surface area contributed by atoms with Crippen molar-refractivity contribution in [2.75, 3.05) is 33.4 Å². The fourth-order valence-electron chi connectivity index (χ4n) is 4.56. The number of aliphatic hydroxyl groups excluding tert-OH is 2. The van der Waals surface area contributed by atoms with Gasteiger partial charge >= 0.3 is 18.1 Å². The smallest absolute Gasteiger partial charge is 0.330 e. The minimum Gasteiger partial charge on any atom is -0.394 e. The van der Waals surface area contributed by atoms with Gasteiger partial charge in [-0.05, 0) is 25.7 Å². The molecule has 43 heavy (non-hydrogen) atoms. The van der Waals surface area contributed by atoms with Crippen molar-refractivity contribution in [2.45, 2.75) is 63.6 Å². The number of carbonyl (C=O) groups excluding carboxylic acids is 1. The van der Waals surface area contributed by atoms with Gasteiger partial charge in [-0.15, -0.1) is 0 Å². The number of aromatic nitrogens is 4. The lowest BCUT2D eigenvalue weighted by molar-refractivity contribution is -0.117. The molecule has 4 N–H and O–H groups in total. The standard InChI is InChI=1S/C24H34N5O12PS/c1-13-8-28(23(35)25-21(13)33)19-6-15(32)18(40-19)11-38-42(43,37-5-4-27(3)12-31)41-16-7-20(39-17(16)10-30)29-9-14(2)22(34)26-24(29)36/h8-9,12,15-20,30,32H,4-7,10-11H2,1-3H3,(H,25,33,35)(H,26,34,36)/t15-,16-,17+,18+,19+,20+,42?/m0/s1. The summed E-state index contributed by atoms with van der Waals surface area (Å²) in [5.74, 6) is 0. The first-order valence-electron chi connectivity index (χ1n) is 13.3. The van der Waals surface area contributed by atoms with Gasteiger partial charge in [-0.25, -0.2) is 9.59 Å². The van der Waals surface area contributed by atoms with Crippen LogP contribution in [-0.2, 0) is 39.6 Å². The zero-order valence-corrected chi connectivity index (χ0v) is 25.3. The Bertz CT molecular complexity index is 1590. The molecule has 2 aliphatic rings. The summed E-state index contributed by atoms with van der Waals surface area (Å²) in [5, 5.41) is 20.6. The second kappa shape index (κ2) is 13.9. The van der Waals surface area contributed by atoms with Gasteiger partial charge in [-0.2, -0.15) is 0 Å². The number of ether oxygens (including phenoxy) is 2. The molecule has 238 valence electrons. The molecule has 4 rings (SSSR count). The van der Waals surface area contributed by atoms with Crippen molar-refractivity contribution in [3.8, 4) is 0 Å². The Morgan fingerprint density at radius 3 is 2.14 bits per heavy atom. The van der Waals surface area contributed by atoms with Crippen LogP contribution in [0, 0.1) is 13.8 Å². The third kappa shape index (κ3) is 7.84. The number of carbonyl (C=O) groups is 1. The summed E-state index contributed by atoms with van der Waals surface area (Å²) in [6, 6.07) is 0. The number of nitrogens with one attached hydrogen (secondary N) is 2. The number of rotatable bonds is 13. The fraction of sp³-hybridized carbons (Fsp3) is 0.625. The van der Waals surface area contributed by atoms with Gasteiger partial charge in [0.05, 0.1) is 32.0 Å². The first-order valence-corrected chi connectivity index (χ1v) is 15.9. The highest BCUT2D eigenvalue weighted by molar-refractivity contribution is 8.07. The van der Waals surface area contributed by atoms with Crippen LogP contribution in [0.3, 0.4) is 0 Å². The summed E-state index contributed by atoms with van der Waals surface area (Å²) < 4.78 is 31.8. The fourth-order valence-corrected chi connectivity index (χ4v) is 6.68. The van der Waals surface area contributed by atoms with Gasteiger partial charge < -0.3 is 38.2 Å². The van der Waals surface area contributed by atoms with E-state index in [0.717, 1.165) is 0 Å². The summed E-state index contributed by atoms with van der Waals surface area (Å²) >= 11 is 5.65. The third-order valence-electron chi connectivity index (χ3n) is 7.01. The topological polar surface area (TPSA) is 217 Å². The maximum absolute atomic E-state index is 12.4. The van der Waals surface area contributed by atoms with Crippen molar-refractivity contribution in [3.05, 3.63) is 65.2 Å². The lowest BCUT2D eigenvalue weighted by Gasteiger charge is -2.28. The molecule has 2 aliphatic heterocycles. The predicted molar refractivity (Wildman–Crippen MR) is 152 cm³/mol. The molecule has 0 bridgehead atoms. The molecule has 0 saturated carbocycles. The molecule has 2 aromatic rings. The second-order valence-electron chi connectivity index (χ2n) is 10.2. The van der Waals surface area contributed by atoms with Crippen molar-refractivity contribution in [2.24, 2.45) is 0 Å². The molecule has 2 aromatic heterocycles. The van der Waals surface area contributed by atoms with Crippen LogP contribution >= 0.6 is 6.72 Å². The van der Waals surface area contributed by atoms with Crippen LogP contribution in [0.25, 0.3) is 0 Å². The van der Waals surface area contributed by atoms with Crippen molar-refractivity contribution in [1.82, 2.24) is 24.0 Å². The number of H-pyrrole nitrogens is 2. The number of hydrogen-bond donors (Lipinski definition) is 4. The largest absolute Gasteiger partial charge is 0.394 e. The van der Waals surface area contributed by atoms with Gasteiger partial charge in [0, 0.05) is 50.0 Å². The minimum atomic E-state index is -3.68. The highest BCUT2D eigenvalue weighted by atomic mass is 32.5. The Hall–Kier alpha value is -2.80. The Kier molecular flexibility index (Phi) is 10.7. The quantitative estimate of drug-likeness (QED) is 0.142. The van der Waals surface area contributed by atoms with E-state index < -0.39 is 72.7 Å². The molecule has 4 heterocycles. The Labute approximate surface area is 249 Å². The van der Waals surface area contributed by atoms with Gasteiger partial charge in [0.15, 0.2) is 0 Å². The zero-order valence-electron chi connectivity index (χ0n) is 23.6. The minimum absolute atomic E-state index is 0.0200. The molecule has 1 amide bonds. The second-order valence-corrected chi connectivity index (χ2v) is 13.2. The van der Waals surface area contributed by atoms with Crippen molar-refractivity contribution < 1.29 is 38.1 Å². The third-order valence-corrected chi connectivity index (χ3v) is 9.40. The molecule has 17 nitrogen and oxygen atoms in total. The maximum atomic E-state index is 12.4. The molecular weight excluding hydrogens is 613 g/mol. The molecular formula is C24H34N5O12PS. The average molecular weight is 648 g/mol. The molecule has 0 aliphatic carbocycles. The molecule has 7 atom stereocenters. The number of nitrogens with zero attached hydrogens (tertiary/aromatic N) is 3. The Morgan fingerprint density at radius 2 is 1.58 bits per heavy atom. The van der Waals surface area contributed by atoms with Crippen molar-refractivity contribution >= 4 is 24.9 Å². The van der Waals surface area contributed by atoms with Gasteiger partial charge in [0.2, 0.25) is 6.41 Å². The van der Waals surface area contributed by atoms with E-state index in [-0.39, 0.29) is 43.7 Å². The van der Waals surface area contributed by atoms with E-state index in [9.17, 15) is 34.2 Å². The first kappa shape index (κ1) is 33.1. The van der Waals surface area contributed by atoms with Crippen molar-refractivity contribution in [3.63, 3.8) is 0 Å². The number of likely N-dealkylation sites (N-methyl/N-ethyl adjacent to an activating group) is 1. The molecule has 2 saturated heterocycles.